The fraction of sp³-hybridized carbons (Fsp3) is 0.800. The van der Waals surface area contributed by atoms with Crippen LogP contribution in [0.3, 0.4) is 0 Å². The van der Waals surface area contributed by atoms with Crippen molar-refractivity contribution in [3.8, 4) is 0 Å². The second kappa shape index (κ2) is 6.64. The minimum atomic E-state index is -0.180. The lowest BCUT2D eigenvalue weighted by Gasteiger charge is -2.43. The van der Waals surface area contributed by atoms with Crippen LogP contribution in [-0.4, -0.2) is 34.4 Å². The van der Waals surface area contributed by atoms with Gasteiger partial charge in [0.25, 0.3) is 0 Å². The second-order valence-electron chi connectivity index (χ2n) is 6.34. The molecule has 0 radical (unpaired) electrons. The molecule has 1 aliphatic heterocycles. The van der Waals surface area contributed by atoms with Crippen LogP contribution in [0.4, 0.5) is 4.79 Å². The Morgan fingerprint density at radius 2 is 2.18 bits per heavy atom. The number of hydrogen-bond acceptors (Lipinski definition) is 5. The summed E-state index contributed by atoms with van der Waals surface area (Å²) in [6.45, 7) is 2.73. The lowest BCUT2D eigenvalue weighted by atomic mass is 9.78. The van der Waals surface area contributed by atoms with Crippen molar-refractivity contribution in [3.63, 3.8) is 0 Å². The van der Waals surface area contributed by atoms with Crippen LogP contribution in [0.15, 0.2) is 4.52 Å². The molecule has 1 saturated heterocycles. The molecule has 2 heterocycles. The molecule has 2 aliphatic rings. The Bertz CT molecular complexity index is 505. The number of rotatable bonds is 3. The number of aryl methyl sites for hydroxylation is 1. The van der Waals surface area contributed by atoms with E-state index in [4.69, 9.17) is 9.26 Å². The molecule has 22 heavy (non-hydrogen) atoms. The van der Waals surface area contributed by atoms with Gasteiger partial charge in [-0.1, -0.05) is 24.4 Å². The topological polar surface area (TPSA) is 89.3 Å². The summed E-state index contributed by atoms with van der Waals surface area (Å²) in [6, 6.07) is -0.000772. The van der Waals surface area contributed by atoms with Crippen LogP contribution in [0.2, 0.25) is 0 Å². The van der Waals surface area contributed by atoms with Crippen LogP contribution in [-0.2, 0) is 11.3 Å². The summed E-state index contributed by atoms with van der Waals surface area (Å²) < 4.78 is 10.9. The smallest absolute Gasteiger partial charge is 0.315 e. The van der Waals surface area contributed by atoms with Gasteiger partial charge in [-0.3, -0.25) is 0 Å². The van der Waals surface area contributed by atoms with Crippen molar-refractivity contribution >= 4 is 6.03 Å². The molecule has 2 N–H and O–H groups in total. The minimum absolute atomic E-state index is 0.000766. The van der Waals surface area contributed by atoms with E-state index >= 15 is 0 Å². The Hall–Kier alpha value is -1.63. The zero-order chi connectivity index (χ0) is 15.4. The summed E-state index contributed by atoms with van der Waals surface area (Å²) in [5.41, 5.74) is -0.000766. The summed E-state index contributed by atoms with van der Waals surface area (Å²) in [5.74, 6) is 0.990. The molecule has 1 aromatic rings. The van der Waals surface area contributed by atoms with Gasteiger partial charge < -0.3 is 19.9 Å². The first-order chi connectivity index (χ1) is 10.7. The van der Waals surface area contributed by atoms with Crippen molar-refractivity contribution in [2.45, 2.75) is 70.1 Å². The monoisotopic (exact) mass is 308 g/mol. The molecule has 122 valence electrons. The van der Waals surface area contributed by atoms with Crippen molar-refractivity contribution < 1.29 is 14.1 Å². The first-order valence-electron chi connectivity index (χ1n) is 8.13. The molecule has 1 atom stereocenters. The molecule has 3 rings (SSSR count). The highest BCUT2D eigenvalue weighted by Crippen LogP contribution is 2.38. The van der Waals surface area contributed by atoms with Crippen LogP contribution < -0.4 is 10.6 Å². The average Bonchev–Trinajstić information content (AvgIpc) is 2.92. The molecule has 1 spiro atoms. The fourth-order valence-electron chi connectivity index (χ4n) is 3.50. The van der Waals surface area contributed by atoms with Crippen molar-refractivity contribution in [2.75, 3.05) is 6.61 Å². The fourth-order valence-corrected chi connectivity index (χ4v) is 3.50. The molecule has 7 heteroatoms. The molecule has 1 unspecified atom stereocenters. The highest BCUT2D eigenvalue weighted by molar-refractivity contribution is 5.74. The number of urea groups is 1. The zero-order valence-electron chi connectivity index (χ0n) is 13.1. The van der Waals surface area contributed by atoms with Crippen molar-refractivity contribution in [3.05, 3.63) is 11.7 Å². The maximum absolute atomic E-state index is 12.0. The standard InChI is InChI=1S/C15H24N4O3/c1-11-17-13(19-22-11)10-16-14(20)18-12-5-8-21-15(9-12)6-3-2-4-7-15/h12H,2-10H2,1H3,(H2,16,18,20). The van der Waals surface area contributed by atoms with Crippen LogP contribution in [0.1, 0.15) is 56.7 Å². The summed E-state index contributed by atoms with van der Waals surface area (Å²) in [5, 5.41) is 9.58. The third-order valence-corrected chi connectivity index (χ3v) is 4.57. The van der Waals surface area contributed by atoms with Crippen molar-refractivity contribution in [1.82, 2.24) is 20.8 Å². The highest BCUT2D eigenvalue weighted by Gasteiger charge is 2.38. The number of carbonyl (C=O) groups excluding carboxylic acids is 1. The van der Waals surface area contributed by atoms with Crippen molar-refractivity contribution in [2.24, 2.45) is 0 Å². The third kappa shape index (κ3) is 3.76. The Morgan fingerprint density at radius 3 is 2.91 bits per heavy atom. The highest BCUT2D eigenvalue weighted by atomic mass is 16.5. The Balaban J connectivity index is 1.46. The van der Waals surface area contributed by atoms with E-state index in [1.165, 1.54) is 19.3 Å². The molecule has 1 aromatic heterocycles. The van der Waals surface area contributed by atoms with Gasteiger partial charge >= 0.3 is 6.03 Å². The predicted molar refractivity (Wildman–Crippen MR) is 79.2 cm³/mol. The van der Waals surface area contributed by atoms with Gasteiger partial charge in [0.05, 0.1) is 12.1 Å². The molecule has 1 saturated carbocycles. The van der Waals surface area contributed by atoms with Crippen molar-refractivity contribution in [1.29, 1.82) is 0 Å². The molecule has 2 amide bonds. The number of nitrogens with one attached hydrogen (secondary N) is 2. The SMILES string of the molecule is Cc1nc(CNC(=O)NC2CCOC3(CCCCC3)C2)no1. The van der Waals surface area contributed by atoms with E-state index in [0.717, 1.165) is 32.3 Å². The zero-order valence-corrected chi connectivity index (χ0v) is 13.1. The van der Waals surface area contributed by atoms with Gasteiger partial charge in [-0.15, -0.1) is 0 Å². The van der Waals surface area contributed by atoms with E-state index in [-0.39, 0.29) is 24.2 Å². The average molecular weight is 308 g/mol. The minimum Gasteiger partial charge on any atom is -0.375 e. The lowest BCUT2D eigenvalue weighted by Crippen LogP contribution is -2.51. The summed E-state index contributed by atoms with van der Waals surface area (Å²) in [6.07, 6.45) is 7.79. The van der Waals surface area contributed by atoms with E-state index in [1.807, 2.05) is 0 Å². The Morgan fingerprint density at radius 1 is 1.36 bits per heavy atom. The quantitative estimate of drug-likeness (QED) is 0.892. The van der Waals surface area contributed by atoms with Gasteiger partial charge in [0, 0.05) is 19.6 Å². The third-order valence-electron chi connectivity index (χ3n) is 4.57. The molecule has 7 nitrogen and oxygen atoms in total. The number of hydrogen-bond donors (Lipinski definition) is 2. The predicted octanol–water partition coefficient (Wildman–Crippen LogP) is 2.06. The Labute approximate surface area is 130 Å². The van der Waals surface area contributed by atoms with Gasteiger partial charge in [-0.2, -0.15) is 4.98 Å². The first kappa shape index (κ1) is 15.3. The molecule has 1 aliphatic carbocycles. The molecule has 0 bridgehead atoms. The maximum atomic E-state index is 12.0. The summed E-state index contributed by atoms with van der Waals surface area (Å²) in [7, 11) is 0. The Kier molecular flexibility index (Phi) is 4.61. The summed E-state index contributed by atoms with van der Waals surface area (Å²) in [4.78, 5) is 16.1. The molecule has 2 fully saturated rings. The van der Waals surface area contributed by atoms with E-state index in [2.05, 4.69) is 20.8 Å². The van der Waals surface area contributed by atoms with Crippen LogP contribution >= 0.6 is 0 Å². The van der Waals surface area contributed by atoms with Gasteiger partial charge in [-0.05, 0) is 25.7 Å². The normalized spacial score (nSPS) is 24.1. The van der Waals surface area contributed by atoms with E-state index in [9.17, 15) is 4.79 Å². The molecular formula is C15H24N4O3. The molecule has 0 aromatic carbocycles. The van der Waals surface area contributed by atoms with E-state index in [1.54, 1.807) is 6.92 Å². The first-order valence-corrected chi connectivity index (χ1v) is 8.13. The van der Waals surface area contributed by atoms with E-state index in [0.29, 0.717) is 11.7 Å². The number of aromatic nitrogens is 2. The number of nitrogens with zero attached hydrogens (tertiary/aromatic N) is 2. The van der Waals surface area contributed by atoms with Gasteiger partial charge in [-0.25, -0.2) is 4.79 Å². The van der Waals surface area contributed by atoms with Crippen LogP contribution in [0.5, 0.6) is 0 Å². The van der Waals surface area contributed by atoms with Gasteiger partial charge in [0.1, 0.15) is 0 Å². The molecular weight excluding hydrogens is 284 g/mol. The number of ether oxygens (including phenoxy) is 1. The lowest BCUT2D eigenvalue weighted by molar-refractivity contribution is -0.107. The van der Waals surface area contributed by atoms with Crippen LogP contribution in [0, 0.1) is 6.92 Å². The second-order valence-corrected chi connectivity index (χ2v) is 6.34. The largest absolute Gasteiger partial charge is 0.375 e. The van der Waals surface area contributed by atoms with Gasteiger partial charge in [0.15, 0.2) is 5.82 Å². The van der Waals surface area contributed by atoms with E-state index < -0.39 is 0 Å². The number of carbonyl (C=O) groups is 1. The maximum Gasteiger partial charge on any atom is 0.315 e. The number of amides is 2. The van der Waals surface area contributed by atoms with Gasteiger partial charge in [0.2, 0.25) is 5.89 Å². The summed E-state index contributed by atoms with van der Waals surface area (Å²) >= 11 is 0. The van der Waals surface area contributed by atoms with Crippen LogP contribution in [0.25, 0.3) is 0 Å².